The number of rotatable bonds is 6. The lowest BCUT2D eigenvalue weighted by atomic mass is 9.88. The molecule has 0 radical (unpaired) electrons. The highest BCUT2D eigenvalue weighted by atomic mass is 31.2. The Bertz CT molecular complexity index is 1050. The molecule has 0 spiro atoms. The third-order valence-corrected chi connectivity index (χ3v) is 15.2. The van der Waals surface area contributed by atoms with Gasteiger partial charge in [-0.15, -0.1) is 0 Å². The zero-order chi connectivity index (χ0) is 25.5. The number of benzene rings is 2. The zero-order valence-corrected chi connectivity index (χ0v) is 24.2. The van der Waals surface area contributed by atoms with Gasteiger partial charge < -0.3 is 18.5 Å². The molecule has 3 atom stereocenters. The largest absolute Gasteiger partial charge is 0.411 e. The van der Waals surface area contributed by atoms with Crippen molar-refractivity contribution in [3.63, 3.8) is 0 Å². The highest BCUT2D eigenvalue weighted by Gasteiger charge is 2.51. The van der Waals surface area contributed by atoms with Crippen LogP contribution in [0.1, 0.15) is 47.5 Å². The van der Waals surface area contributed by atoms with Gasteiger partial charge in [0.15, 0.2) is 14.1 Å². The minimum absolute atomic E-state index is 0.0485. The molecule has 2 aliphatic rings. The van der Waals surface area contributed by atoms with Crippen LogP contribution in [0.3, 0.4) is 0 Å². The van der Waals surface area contributed by atoms with Gasteiger partial charge in [0.25, 0.3) is 0 Å². The zero-order valence-electron chi connectivity index (χ0n) is 22.3. The summed E-state index contributed by atoms with van der Waals surface area (Å²) in [6.07, 6.45) is 4.08. The van der Waals surface area contributed by atoms with Gasteiger partial charge in [0.05, 0.1) is 12.2 Å². The lowest BCUT2D eigenvalue weighted by Crippen LogP contribution is -2.51. The topological polar surface area (TPSA) is 44.8 Å². The summed E-state index contributed by atoms with van der Waals surface area (Å²) in [5.41, 5.74) is 1.25. The molecule has 2 aromatic carbocycles. The van der Waals surface area contributed by atoms with Crippen molar-refractivity contribution in [2.45, 2.75) is 89.7 Å². The molecule has 1 aliphatic heterocycles. The Labute approximate surface area is 212 Å². The van der Waals surface area contributed by atoms with Gasteiger partial charge in [-0.2, -0.15) is 0 Å². The Balaban J connectivity index is 1.65. The molecule has 6 heteroatoms. The molecule has 0 unspecified atom stereocenters. The van der Waals surface area contributed by atoms with E-state index in [9.17, 15) is 4.57 Å². The van der Waals surface area contributed by atoms with Crippen molar-refractivity contribution in [1.29, 1.82) is 0 Å². The van der Waals surface area contributed by atoms with Crippen molar-refractivity contribution >= 4 is 26.1 Å². The maximum absolute atomic E-state index is 14.5. The maximum atomic E-state index is 14.5. The second-order valence-electron chi connectivity index (χ2n) is 11.9. The molecule has 1 heterocycles. The molecule has 1 aliphatic carbocycles. The van der Waals surface area contributed by atoms with Gasteiger partial charge in [-0.3, -0.25) is 0 Å². The minimum Gasteiger partial charge on any atom is -0.411 e. The van der Waals surface area contributed by atoms with Gasteiger partial charge in [-0.25, -0.2) is 0 Å². The van der Waals surface area contributed by atoms with Crippen LogP contribution in [0.25, 0.3) is 0 Å². The van der Waals surface area contributed by atoms with Crippen LogP contribution in [0.2, 0.25) is 18.1 Å². The van der Waals surface area contributed by atoms with E-state index in [0.29, 0.717) is 6.16 Å². The Hall–Kier alpha value is -1.49. The van der Waals surface area contributed by atoms with Gasteiger partial charge in [0, 0.05) is 16.8 Å². The monoisotopic (exact) mass is 512 g/mol. The number of hydrogen-bond acceptors (Lipinski definition) is 4. The summed E-state index contributed by atoms with van der Waals surface area (Å²) in [6.45, 7) is 15.3. The average Bonchev–Trinajstić information content (AvgIpc) is 3.12. The van der Waals surface area contributed by atoms with Crippen LogP contribution in [-0.2, 0) is 18.5 Å². The van der Waals surface area contributed by atoms with E-state index in [1.165, 1.54) is 5.57 Å². The standard InChI is InChI=1S/C29H41O4PSi/c1-28(2,3)35(6,7)33-26-21-22(20-25-27(26)32-29(4,5)31-25)18-19-34(30,23-14-10-8-11-15-23)24-16-12-9-13-17-24/h8-18,25-27H,19-21H2,1-7H3/b22-18-/t25-,26-,27-/m1/s1. The van der Waals surface area contributed by atoms with Crippen LogP contribution in [0.5, 0.6) is 0 Å². The van der Waals surface area contributed by atoms with E-state index in [-0.39, 0.29) is 23.4 Å². The number of fused-ring (bicyclic) bond motifs is 1. The average molecular weight is 513 g/mol. The van der Waals surface area contributed by atoms with Gasteiger partial charge in [0.2, 0.25) is 0 Å². The molecule has 2 aromatic rings. The fourth-order valence-corrected chi connectivity index (χ4v) is 8.71. The Morgan fingerprint density at radius 3 is 2.03 bits per heavy atom. The number of allylic oxidation sites excluding steroid dienone is 1. The normalized spacial score (nSPS) is 26.0. The van der Waals surface area contributed by atoms with Crippen LogP contribution >= 0.6 is 7.14 Å². The second kappa shape index (κ2) is 9.76. The Kier molecular flexibility index (Phi) is 7.41. The molecule has 1 saturated heterocycles. The number of ether oxygens (including phenoxy) is 2. The van der Waals surface area contributed by atoms with Gasteiger partial charge in [0.1, 0.15) is 13.2 Å². The van der Waals surface area contributed by atoms with E-state index >= 15 is 0 Å². The van der Waals surface area contributed by atoms with E-state index in [1.807, 2.05) is 74.5 Å². The molecule has 2 fully saturated rings. The summed E-state index contributed by atoms with van der Waals surface area (Å²) in [6, 6.07) is 19.8. The van der Waals surface area contributed by atoms with Crippen LogP contribution in [0, 0.1) is 0 Å². The molecule has 4 nitrogen and oxygen atoms in total. The Morgan fingerprint density at radius 2 is 1.51 bits per heavy atom. The van der Waals surface area contributed by atoms with E-state index in [2.05, 4.69) is 39.9 Å². The van der Waals surface area contributed by atoms with E-state index < -0.39 is 21.2 Å². The van der Waals surface area contributed by atoms with Gasteiger partial charge in [-0.1, -0.05) is 93.1 Å². The van der Waals surface area contributed by atoms with Crippen molar-refractivity contribution in [2.24, 2.45) is 0 Å². The first kappa shape index (κ1) is 26.6. The lowest BCUT2D eigenvalue weighted by Gasteiger charge is -2.43. The van der Waals surface area contributed by atoms with E-state index in [0.717, 1.165) is 23.5 Å². The fourth-order valence-electron chi connectivity index (χ4n) is 4.84. The number of hydrogen-bond donors (Lipinski definition) is 0. The quantitative estimate of drug-likeness (QED) is 0.248. The first-order valence-electron chi connectivity index (χ1n) is 12.7. The van der Waals surface area contributed by atoms with Crippen LogP contribution in [0.15, 0.2) is 72.3 Å². The van der Waals surface area contributed by atoms with Crippen molar-refractivity contribution in [1.82, 2.24) is 0 Å². The van der Waals surface area contributed by atoms with Crippen LogP contribution in [-0.4, -0.2) is 38.6 Å². The van der Waals surface area contributed by atoms with Crippen LogP contribution < -0.4 is 10.6 Å². The van der Waals surface area contributed by atoms with Crippen molar-refractivity contribution in [3.05, 3.63) is 72.3 Å². The summed E-state index contributed by atoms with van der Waals surface area (Å²) in [5, 5.41) is 1.90. The predicted octanol–water partition coefficient (Wildman–Crippen LogP) is 6.63. The smallest absolute Gasteiger partial charge is 0.192 e. The van der Waals surface area contributed by atoms with Crippen molar-refractivity contribution in [3.8, 4) is 0 Å². The molecular weight excluding hydrogens is 471 g/mol. The predicted molar refractivity (Wildman–Crippen MR) is 148 cm³/mol. The summed E-state index contributed by atoms with van der Waals surface area (Å²) < 4.78 is 34.1. The summed E-state index contributed by atoms with van der Waals surface area (Å²) in [4.78, 5) is 0. The van der Waals surface area contributed by atoms with E-state index in [1.54, 1.807) is 0 Å². The molecule has 0 amide bonds. The van der Waals surface area contributed by atoms with Gasteiger partial charge in [-0.05, 0) is 44.8 Å². The lowest BCUT2D eigenvalue weighted by molar-refractivity contribution is -0.152. The third-order valence-electron chi connectivity index (χ3n) is 7.75. The van der Waals surface area contributed by atoms with Crippen molar-refractivity contribution < 1.29 is 18.5 Å². The minimum atomic E-state index is -2.81. The first-order valence-corrected chi connectivity index (χ1v) is 17.5. The molecular formula is C29H41O4PSi. The fraction of sp³-hybridized carbons (Fsp3) is 0.517. The molecule has 0 bridgehead atoms. The highest BCUT2D eigenvalue weighted by Crippen LogP contribution is 2.47. The molecule has 0 N–H and O–H groups in total. The summed E-state index contributed by atoms with van der Waals surface area (Å²) in [7, 11) is -4.82. The first-order chi connectivity index (χ1) is 16.3. The van der Waals surface area contributed by atoms with Gasteiger partial charge >= 0.3 is 0 Å². The Morgan fingerprint density at radius 1 is 0.971 bits per heavy atom. The van der Waals surface area contributed by atoms with Crippen LogP contribution in [0.4, 0.5) is 0 Å². The van der Waals surface area contributed by atoms with E-state index in [4.69, 9.17) is 13.9 Å². The summed E-state index contributed by atoms with van der Waals surface area (Å²) >= 11 is 0. The third kappa shape index (κ3) is 5.75. The second-order valence-corrected chi connectivity index (χ2v) is 19.6. The van der Waals surface area contributed by atoms with Crippen molar-refractivity contribution in [2.75, 3.05) is 6.16 Å². The molecule has 35 heavy (non-hydrogen) atoms. The maximum Gasteiger partial charge on any atom is 0.192 e. The highest BCUT2D eigenvalue weighted by molar-refractivity contribution is 7.78. The molecule has 190 valence electrons. The molecule has 4 rings (SSSR count). The molecule has 1 saturated carbocycles. The summed E-state index contributed by atoms with van der Waals surface area (Å²) in [5.74, 6) is -0.622. The molecule has 0 aromatic heterocycles. The SMILES string of the molecule is CC1(C)O[C@@H]2[C@@H](C/C(=C/CP(=O)(c3ccccc3)c3ccccc3)C[C@H]2O[Si](C)(C)C(C)(C)C)O1.